The number of likely N-dealkylation sites (N-methyl/N-ethyl adjacent to an activating group) is 1. The van der Waals surface area contributed by atoms with E-state index < -0.39 is 0 Å². The van der Waals surface area contributed by atoms with Gasteiger partial charge in [0.2, 0.25) is 5.91 Å². The Bertz CT molecular complexity index is 215. The maximum absolute atomic E-state index is 11.9. The highest BCUT2D eigenvalue weighted by Crippen LogP contribution is 2.15. The zero-order valence-corrected chi connectivity index (χ0v) is 10.3. The number of carbonyl (C=O) groups is 1. The van der Waals surface area contributed by atoms with Crippen molar-refractivity contribution >= 4 is 5.91 Å². The molecule has 0 saturated carbocycles. The van der Waals surface area contributed by atoms with Crippen LogP contribution in [0.4, 0.5) is 0 Å². The maximum atomic E-state index is 11.9. The second-order valence-electron chi connectivity index (χ2n) is 4.24. The third-order valence-corrected chi connectivity index (χ3v) is 3.07. The highest BCUT2D eigenvalue weighted by atomic mass is 16.5. The summed E-state index contributed by atoms with van der Waals surface area (Å²) in [7, 11) is 3.55. The Morgan fingerprint density at radius 3 is 2.81 bits per heavy atom. The summed E-state index contributed by atoms with van der Waals surface area (Å²) in [6, 6.07) is 0.0340. The number of nitrogens with two attached hydrogens (primary N) is 1. The molecule has 0 aromatic rings. The molecule has 5 heteroatoms. The van der Waals surface area contributed by atoms with Crippen molar-refractivity contribution in [3.8, 4) is 0 Å². The normalized spacial score (nSPS) is 21.1. The van der Waals surface area contributed by atoms with Crippen LogP contribution in [0.1, 0.15) is 12.8 Å². The third-order valence-electron chi connectivity index (χ3n) is 3.07. The van der Waals surface area contributed by atoms with Gasteiger partial charge in [-0.2, -0.15) is 0 Å². The van der Waals surface area contributed by atoms with Crippen LogP contribution < -0.4 is 5.73 Å². The van der Waals surface area contributed by atoms with Crippen LogP contribution in [0.15, 0.2) is 0 Å². The molecule has 94 valence electrons. The molecule has 2 N–H and O–H groups in total. The second kappa shape index (κ2) is 6.83. The van der Waals surface area contributed by atoms with Crippen LogP contribution in [0.2, 0.25) is 0 Å². The first kappa shape index (κ1) is 13.4. The molecule has 1 heterocycles. The number of methoxy groups -OCH3 is 1. The van der Waals surface area contributed by atoms with E-state index in [-0.39, 0.29) is 11.9 Å². The van der Waals surface area contributed by atoms with Gasteiger partial charge in [0.25, 0.3) is 0 Å². The van der Waals surface area contributed by atoms with Gasteiger partial charge in [-0.25, -0.2) is 0 Å². The SMILES string of the molecule is COCCN(CCCN)C1CCN(C)C1=O. The van der Waals surface area contributed by atoms with Crippen molar-refractivity contribution in [2.24, 2.45) is 5.73 Å². The smallest absolute Gasteiger partial charge is 0.239 e. The van der Waals surface area contributed by atoms with Crippen LogP contribution in [0.3, 0.4) is 0 Å². The highest BCUT2D eigenvalue weighted by molar-refractivity contribution is 5.83. The van der Waals surface area contributed by atoms with Gasteiger partial charge in [-0.15, -0.1) is 0 Å². The van der Waals surface area contributed by atoms with E-state index >= 15 is 0 Å². The average Bonchev–Trinajstić information content (AvgIpc) is 2.61. The number of likely N-dealkylation sites (tertiary alicyclic amines) is 1. The minimum atomic E-state index is 0.0340. The van der Waals surface area contributed by atoms with Gasteiger partial charge >= 0.3 is 0 Å². The number of rotatable bonds is 7. The summed E-state index contributed by atoms with van der Waals surface area (Å²) in [5, 5.41) is 0. The van der Waals surface area contributed by atoms with E-state index in [0.717, 1.165) is 32.5 Å². The van der Waals surface area contributed by atoms with E-state index in [1.165, 1.54) is 0 Å². The molecule has 0 spiro atoms. The Balaban J connectivity index is 2.50. The number of nitrogens with zero attached hydrogens (tertiary/aromatic N) is 2. The van der Waals surface area contributed by atoms with Crippen LogP contribution in [-0.2, 0) is 9.53 Å². The van der Waals surface area contributed by atoms with Gasteiger partial charge in [-0.1, -0.05) is 0 Å². The molecular formula is C11H23N3O2. The zero-order valence-electron chi connectivity index (χ0n) is 10.3. The molecule has 0 bridgehead atoms. The number of ether oxygens (including phenoxy) is 1. The molecule has 1 atom stereocenters. The molecule has 1 fully saturated rings. The molecular weight excluding hydrogens is 206 g/mol. The number of hydrogen-bond acceptors (Lipinski definition) is 4. The molecule has 1 aliphatic rings. The molecule has 1 unspecified atom stereocenters. The fourth-order valence-electron chi connectivity index (χ4n) is 2.07. The van der Waals surface area contributed by atoms with Crippen molar-refractivity contribution in [2.75, 3.05) is 46.9 Å². The van der Waals surface area contributed by atoms with Crippen LogP contribution in [0.25, 0.3) is 0 Å². The number of amides is 1. The number of carbonyl (C=O) groups excluding carboxylic acids is 1. The summed E-state index contributed by atoms with van der Waals surface area (Å²) in [5.74, 6) is 0.230. The Labute approximate surface area is 97.5 Å². The Hall–Kier alpha value is -0.650. The van der Waals surface area contributed by atoms with E-state index in [1.807, 2.05) is 7.05 Å². The largest absolute Gasteiger partial charge is 0.383 e. The summed E-state index contributed by atoms with van der Waals surface area (Å²) >= 11 is 0. The lowest BCUT2D eigenvalue weighted by Crippen LogP contribution is -2.43. The molecule has 0 aromatic heterocycles. The lowest BCUT2D eigenvalue weighted by atomic mass is 10.2. The predicted molar refractivity (Wildman–Crippen MR) is 63.2 cm³/mol. The zero-order chi connectivity index (χ0) is 12.0. The Kier molecular flexibility index (Phi) is 5.73. The van der Waals surface area contributed by atoms with Gasteiger partial charge in [0.05, 0.1) is 12.6 Å². The third kappa shape index (κ3) is 3.43. The summed E-state index contributed by atoms with van der Waals surface area (Å²) in [6.07, 6.45) is 1.85. The van der Waals surface area contributed by atoms with E-state index in [9.17, 15) is 4.79 Å². The first-order valence-corrected chi connectivity index (χ1v) is 5.88. The molecule has 0 aromatic carbocycles. The maximum Gasteiger partial charge on any atom is 0.239 e. The Morgan fingerprint density at radius 1 is 1.56 bits per heavy atom. The van der Waals surface area contributed by atoms with E-state index in [4.69, 9.17) is 10.5 Å². The molecule has 1 saturated heterocycles. The fraction of sp³-hybridized carbons (Fsp3) is 0.909. The van der Waals surface area contributed by atoms with Crippen molar-refractivity contribution in [1.82, 2.24) is 9.80 Å². The molecule has 0 radical (unpaired) electrons. The van der Waals surface area contributed by atoms with E-state index in [0.29, 0.717) is 13.2 Å². The van der Waals surface area contributed by atoms with Crippen molar-refractivity contribution in [3.05, 3.63) is 0 Å². The van der Waals surface area contributed by atoms with Gasteiger partial charge in [0.1, 0.15) is 0 Å². The van der Waals surface area contributed by atoms with Gasteiger partial charge in [-0.3, -0.25) is 9.69 Å². The molecule has 5 nitrogen and oxygen atoms in total. The van der Waals surface area contributed by atoms with Crippen molar-refractivity contribution in [1.29, 1.82) is 0 Å². The Morgan fingerprint density at radius 2 is 2.31 bits per heavy atom. The minimum Gasteiger partial charge on any atom is -0.383 e. The van der Waals surface area contributed by atoms with Crippen LogP contribution in [-0.4, -0.2) is 68.7 Å². The molecule has 0 aliphatic carbocycles. The van der Waals surface area contributed by atoms with E-state index in [2.05, 4.69) is 4.90 Å². The molecule has 1 aliphatic heterocycles. The van der Waals surface area contributed by atoms with Crippen molar-refractivity contribution in [3.63, 3.8) is 0 Å². The topological polar surface area (TPSA) is 58.8 Å². The molecule has 16 heavy (non-hydrogen) atoms. The summed E-state index contributed by atoms with van der Waals surface area (Å²) < 4.78 is 5.08. The van der Waals surface area contributed by atoms with Gasteiger partial charge in [0.15, 0.2) is 0 Å². The van der Waals surface area contributed by atoms with Crippen LogP contribution in [0, 0.1) is 0 Å². The second-order valence-corrected chi connectivity index (χ2v) is 4.24. The fourth-order valence-corrected chi connectivity index (χ4v) is 2.07. The lowest BCUT2D eigenvalue weighted by molar-refractivity contribution is -0.131. The van der Waals surface area contributed by atoms with Crippen molar-refractivity contribution in [2.45, 2.75) is 18.9 Å². The summed E-state index contributed by atoms with van der Waals surface area (Å²) in [5.41, 5.74) is 5.51. The average molecular weight is 229 g/mol. The lowest BCUT2D eigenvalue weighted by Gasteiger charge is -2.27. The van der Waals surface area contributed by atoms with Gasteiger partial charge in [0, 0.05) is 33.8 Å². The van der Waals surface area contributed by atoms with Gasteiger partial charge in [-0.05, 0) is 19.4 Å². The highest BCUT2D eigenvalue weighted by Gasteiger charge is 2.33. The molecule has 1 rings (SSSR count). The van der Waals surface area contributed by atoms with Crippen molar-refractivity contribution < 1.29 is 9.53 Å². The van der Waals surface area contributed by atoms with Gasteiger partial charge < -0.3 is 15.4 Å². The molecule has 1 amide bonds. The van der Waals surface area contributed by atoms with Crippen LogP contribution in [0.5, 0.6) is 0 Å². The summed E-state index contributed by atoms with van der Waals surface area (Å²) in [6.45, 7) is 3.87. The van der Waals surface area contributed by atoms with Crippen LogP contribution >= 0.6 is 0 Å². The minimum absolute atomic E-state index is 0.0340. The first-order chi connectivity index (χ1) is 7.70. The monoisotopic (exact) mass is 229 g/mol. The number of hydrogen-bond donors (Lipinski definition) is 1. The first-order valence-electron chi connectivity index (χ1n) is 5.88. The van der Waals surface area contributed by atoms with E-state index in [1.54, 1.807) is 12.0 Å². The standard InChI is InChI=1S/C11H23N3O2/c1-13-7-4-10(11(13)15)14(6-3-5-12)8-9-16-2/h10H,3-9,12H2,1-2H3. The quantitative estimate of drug-likeness (QED) is 0.640. The predicted octanol–water partition coefficient (Wildman–Crippen LogP) is -0.486. The summed E-state index contributed by atoms with van der Waals surface area (Å²) in [4.78, 5) is 15.9.